The van der Waals surface area contributed by atoms with Gasteiger partial charge in [-0.2, -0.15) is 0 Å². The third kappa shape index (κ3) is 2.06. The molecule has 2 heterocycles. The van der Waals surface area contributed by atoms with Crippen LogP contribution in [0.4, 0.5) is 0 Å². The predicted molar refractivity (Wildman–Crippen MR) is 69.0 cm³/mol. The topological polar surface area (TPSA) is 44.0 Å². The number of H-pyrrole nitrogens is 1. The number of nitrogens with one attached hydrogen (secondary N) is 2. The predicted octanol–water partition coefficient (Wildman–Crippen LogP) is 1.53. The number of rotatable bonds is 2. The van der Waals surface area contributed by atoms with Gasteiger partial charge < -0.3 is 10.3 Å². The summed E-state index contributed by atoms with van der Waals surface area (Å²) >= 11 is 0. The molecular weight excluding hydrogens is 212 g/mol. The molecule has 17 heavy (non-hydrogen) atoms. The Kier molecular flexibility index (Phi) is 2.82. The Bertz CT molecular complexity index is 466. The second-order valence-corrected chi connectivity index (χ2v) is 4.60. The van der Waals surface area contributed by atoms with Crippen LogP contribution in [0.2, 0.25) is 0 Å². The third-order valence-corrected chi connectivity index (χ3v) is 3.50. The molecule has 1 aliphatic heterocycles. The zero-order valence-electron chi connectivity index (χ0n) is 10.1. The van der Waals surface area contributed by atoms with Crippen LogP contribution in [0, 0.1) is 0 Å². The highest BCUT2D eigenvalue weighted by atomic mass is 15.2. The van der Waals surface area contributed by atoms with Gasteiger partial charge in [-0.3, -0.25) is 4.90 Å². The number of para-hydroxylation sites is 2. The van der Waals surface area contributed by atoms with Crippen LogP contribution >= 0.6 is 0 Å². The average Bonchev–Trinajstić information content (AvgIpc) is 2.82. The SMILES string of the molecule is CC(c1nc2ccccc2[nH]1)N1CCNCC1. The average molecular weight is 230 g/mol. The van der Waals surface area contributed by atoms with Gasteiger partial charge in [0, 0.05) is 26.2 Å². The molecule has 90 valence electrons. The molecule has 1 aliphatic rings. The maximum absolute atomic E-state index is 4.67. The first-order valence-electron chi connectivity index (χ1n) is 6.24. The van der Waals surface area contributed by atoms with E-state index in [2.05, 4.69) is 39.2 Å². The summed E-state index contributed by atoms with van der Waals surface area (Å²) in [5.41, 5.74) is 2.19. The Balaban J connectivity index is 1.86. The van der Waals surface area contributed by atoms with Crippen molar-refractivity contribution in [2.75, 3.05) is 26.2 Å². The van der Waals surface area contributed by atoms with Crippen molar-refractivity contribution in [1.29, 1.82) is 0 Å². The molecule has 0 amide bonds. The number of benzene rings is 1. The fourth-order valence-corrected chi connectivity index (χ4v) is 2.41. The lowest BCUT2D eigenvalue weighted by atomic mass is 10.2. The van der Waals surface area contributed by atoms with Gasteiger partial charge in [-0.25, -0.2) is 4.98 Å². The van der Waals surface area contributed by atoms with E-state index in [9.17, 15) is 0 Å². The van der Waals surface area contributed by atoms with Gasteiger partial charge in [0.25, 0.3) is 0 Å². The zero-order chi connectivity index (χ0) is 11.7. The van der Waals surface area contributed by atoms with E-state index in [-0.39, 0.29) is 0 Å². The molecule has 2 N–H and O–H groups in total. The molecular formula is C13H18N4. The molecule has 1 fully saturated rings. The zero-order valence-corrected chi connectivity index (χ0v) is 10.1. The molecule has 2 aromatic rings. The van der Waals surface area contributed by atoms with Gasteiger partial charge in [0.05, 0.1) is 17.1 Å². The standard InChI is InChI=1S/C13H18N4/c1-10(17-8-6-14-7-9-17)13-15-11-4-2-3-5-12(11)16-13/h2-5,10,14H,6-9H2,1H3,(H,15,16). The van der Waals surface area contributed by atoms with Crippen LogP contribution in [-0.2, 0) is 0 Å². The Labute approximate surface area is 101 Å². The summed E-state index contributed by atoms with van der Waals surface area (Å²) in [5, 5.41) is 3.38. The molecule has 1 atom stereocenters. The van der Waals surface area contributed by atoms with Crippen molar-refractivity contribution < 1.29 is 0 Å². The first-order chi connectivity index (χ1) is 8.34. The minimum Gasteiger partial charge on any atom is -0.341 e. The van der Waals surface area contributed by atoms with Crippen molar-refractivity contribution in [3.05, 3.63) is 30.1 Å². The highest BCUT2D eigenvalue weighted by Crippen LogP contribution is 2.20. The summed E-state index contributed by atoms with van der Waals surface area (Å²) in [6.45, 7) is 6.56. The number of imidazole rings is 1. The van der Waals surface area contributed by atoms with Crippen LogP contribution < -0.4 is 5.32 Å². The summed E-state index contributed by atoms with van der Waals surface area (Å²) in [6, 6.07) is 8.57. The molecule has 0 bridgehead atoms. The van der Waals surface area contributed by atoms with Crippen LogP contribution in [-0.4, -0.2) is 41.0 Å². The largest absolute Gasteiger partial charge is 0.341 e. The van der Waals surface area contributed by atoms with E-state index in [4.69, 9.17) is 0 Å². The molecule has 1 aromatic carbocycles. The Morgan fingerprint density at radius 3 is 2.76 bits per heavy atom. The number of piperazine rings is 1. The van der Waals surface area contributed by atoms with Crippen LogP contribution in [0.5, 0.6) is 0 Å². The van der Waals surface area contributed by atoms with Crippen LogP contribution in [0.3, 0.4) is 0 Å². The van der Waals surface area contributed by atoms with Gasteiger partial charge in [-0.15, -0.1) is 0 Å². The van der Waals surface area contributed by atoms with Gasteiger partial charge in [0.2, 0.25) is 0 Å². The van der Waals surface area contributed by atoms with Crippen molar-refractivity contribution in [3.63, 3.8) is 0 Å². The van der Waals surface area contributed by atoms with Crippen LogP contribution in [0.1, 0.15) is 18.8 Å². The number of nitrogens with zero attached hydrogens (tertiary/aromatic N) is 2. The molecule has 1 saturated heterocycles. The number of aromatic amines is 1. The molecule has 4 heteroatoms. The van der Waals surface area contributed by atoms with Gasteiger partial charge in [-0.1, -0.05) is 12.1 Å². The first kappa shape index (κ1) is 10.7. The lowest BCUT2D eigenvalue weighted by Crippen LogP contribution is -2.44. The van der Waals surface area contributed by atoms with E-state index in [0.29, 0.717) is 6.04 Å². The maximum Gasteiger partial charge on any atom is 0.124 e. The number of fused-ring (bicyclic) bond motifs is 1. The Morgan fingerprint density at radius 2 is 2.00 bits per heavy atom. The van der Waals surface area contributed by atoms with Crippen LogP contribution in [0.15, 0.2) is 24.3 Å². The number of aromatic nitrogens is 2. The molecule has 0 spiro atoms. The molecule has 1 unspecified atom stereocenters. The second kappa shape index (κ2) is 4.47. The lowest BCUT2D eigenvalue weighted by molar-refractivity contribution is 0.180. The van der Waals surface area contributed by atoms with Crippen molar-refractivity contribution in [1.82, 2.24) is 20.2 Å². The fourth-order valence-electron chi connectivity index (χ4n) is 2.41. The van der Waals surface area contributed by atoms with Gasteiger partial charge in [0.15, 0.2) is 0 Å². The van der Waals surface area contributed by atoms with Gasteiger partial charge >= 0.3 is 0 Å². The summed E-state index contributed by atoms with van der Waals surface area (Å²) < 4.78 is 0. The molecule has 0 radical (unpaired) electrons. The molecule has 0 aliphatic carbocycles. The Morgan fingerprint density at radius 1 is 1.24 bits per heavy atom. The van der Waals surface area contributed by atoms with Gasteiger partial charge in [-0.05, 0) is 19.1 Å². The quantitative estimate of drug-likeness (QED) is 0.822. The van der Waals surface area contributed by atoms with Crippen LogP contribution in [0.25, 0.3) is 11.0 Å². The summed E-state index contributed by atoms with van der Waals surface area (Å²) in [7, 11) is 0. The van der Waals surface area contributed by atoms with Crippen molar-refractivity contribution >= 4 is 11.0 Å². The number of hydrogen-bond acceptors (Lipinski definition) is 3. The lowest BCUT2D eigenvalue weighted by Gasteiger charge is -2.31. The first-order valence-corrected chi connectivity index (χ1v) is 6.24. The smallest absolute Gasteiger partial charge is 0.124 e. The highest BCUT2D eigenvalue weighted by Gasteiger charge is 2.20. The second-order valence-electron chi connectivity index (χ2n) is 4.60. The highest BCUT2D eigenvalue weighted by molar-refractivity contribution is 5.74. The molecule has 1 aromatic heterocycles. The fraction of sp³-hybridized carbons (Fsp3) is 0.462. The maximum atomic E-state index is 4.67. The van der Waals surface area contributed by atoms with E-state index in [1.165, 1.54) is 0 Å². The molecule has 0 saturated carbocycles. The summed E-state index contributed by atoms with van der Waals surface area (Å²) in [6.07, 6.45) is 0. The van der Waals surface area contributed by atoms with Crippen molar-refractivity contribution in [2.24, 2.45) is 0 Å². The van der Waals surface area contributed by atoms with Gasteiger partial charge in [0.1, 0.15) is 5.82 Å². The monoisotopic (exact) mass is 230 g/mol. The Hall–Kier alpha value is -1.39. The molecule has 3 rings (SSSR count). The van der Waals surface area contributed by atoms with E-state index in [1.54, 1.807) is 0 Å². The minimum atomic E-state index is 0.365. The van der Waals surface area contributed by atoms with E-state index < -0.39 is 0 Å². The van der Waals surface area contributed by atoms with Crippen molar-refractivity contribution in [3.8, 4) is 0 Å². The van der Waals surface area contributed by atoms with Crippen molar-refractivity contribution in [2.45, 2.75) is 13.0 Å². The molecule has 4 nitrogen and oxygen atoms in total. The normalized spacial score (nSPS) is 19.6. The summed E-state index contributed by atoms with van der Waals surface area (Å²) in [4.78, 5) is 10.6. The number of hydrogen-bond donors (Lipinski definition) is 2. The summed E-state index contributed by atoms with van der Waals surface area (Å²) in [5.74, 6) is 1.08. The minimum absolute atomic E-state index is 0.365. The van der Waals surface area contributed by atoms with E-state index >= 15 is 0 Å². The van der Waals surface area contributed by atoms with E-state index in [1.807, 2.05) is 12.1 Å². The third-order valence-electron chi connectivity index (χ3n) is 3.50. The van der Waals surface area contributed by atoms with E-state index in [0.717, 1.165) is 43.0 Å².